The maximum atomic E-state index is 6.63. The highest BCUT2D eigenvalue weighted by molar-refractivity contribution is 4.93. The van der Waals surface area contributed by atoms with Crippen LogP contribution < -0.4 is 5.73 Å². The predicted molar refractivity (Wildman–Crippen MR) is 67.3 cm³/mol. The van der Waals surface area contributed by atoms with Crippen LogP contribution in [-0.2, 0) is 4.74 Å². The van der Waals surface area contributed by atoms with Crippen molar-refractivity contribution in [2.45, 2.75) is 57.9 Å². The Labute approximate surface area is 99.9 Å². The second-order valence-electron chi connectivity index (χ2n) is 6.48. The van der Waals surface area contributed by atoms with Crippen LogP contribution in [0.2, 0.25) is 0 Å². The SMILES string of the molecule is CC1CC(C)CC(N)(CC2CCOCC2)C1. The lowest BCUT2D eigenvalue weighted by atomic mass is 9.68. The molecule has 2 rings (SSSR count). The Morgan fingerprint density at radius 2 is 1.69 bits per heavy atom. The molecule has 0 aromatic carbocycles. The second-order valence-corrected chi connectivity index (χ2v) is 6.48. The zero-order valence-corrected chi connectivity index (χ0v) is 10.9. The van der Waals surface area contributed by atoms with Crippen molar-refractivity contribution < 1.29 is 4.74 Å². The van der Waals surface area contributed by atoms with E-state index in [1.807, 2.05) is 0 Å². The molecular formula is C14H27NO. The first-order valence-electron chi connectivity index (χ1n) is 6.94. The molecule has 94 valence electrons. The molecule has 1 aliphatic heterocycles. The third kappa shape index (κ3) is 3.21. The van der Waals surface area contributed by atoms with Crippen LogP contribution in [0.1, 0.15) is 52.4 Å². The lowest BCUT2D eigenvalue weighted by molar-refractivity contribution is 0.0468. The van der Waals surface area contributed by atoms with Gasteiger partial charge in [0.1, 0.15) is 0 Å². The van der Waals surface area contributed by atoms with Gasteiger partial charge in [-0.05, 0) is 56.3 Å². The van der Waals surface area contributed by atoms with Gasteiger partial charge in [-0.3, -0.25) is 0 Å². The van der Waals surface area contributed by atoms with E-state index in [4.69, 9.17) is 10.5 Å². The Morgan fingerprint density at radius 3 is 2.25 bits per heavy atom. The highest BCUT2D eigenvalue weighted by atomic mass is 16.5. The molecule has 0 amide bonds. The molecule has 0 radical (unpaired) electrons. The van der Waals surface area contributed by atoms with Gasteiger partial charge in [-0.25, -0.2) is 0 Å². The average Bonchev–Trinajstić information content (AvgIpc) is 2.15. The molecular weight excluding hydrogens is 198 g/mol. The largest absolute Gasteiger partial charge is 0.381 e. The molecule has 2 N–H and O–H groups in total. The summed E-state index contributed by atoms with van der Waals surface area (Å²) in [5.74, 6) is 2.44. The van der Waals surface area contributed by atoms with Crippen molar-refractivity contribution in [3.63, 3.8) is 0 Å². The molecule has 16 heavy (non-hydrogen) atoms. The molecule has 1 heterocycles. The monoisotopic (exact) mass is 225 g/mol. The van der Waals surface area contributed by atoms with Gasteiger partial charge >= 0.3 is 0 Å². The van der Waals surface area contributed by atoms with Gasteiger partial charge in [-0.1, -0.05) is 13.8 Å². The topological polar surface area (TPSA) is 35.2 Å². The fraction of sp³-hybridized carbons (Fsp3) is 1.00. The zero-order chi connectivity index (χ0) is 11.6. The van der Waals surface area contributed by atoms with E-state index in [0.29, 0.717) is 0 Å². The number of hydrogen-bond acceptors (Lipinski definition) is 2. The lowest BCUT2D eigenvalue weighted by Gasteiger charge is -2.42. The van der Waals surface area contributed by atoms with Gasteiger partial charge in [0.25, 0.3) is 0 Å². The molecule has 1 saturated carbocycles. The molecule has 2 aliphatic rings. The van der Waals surface area contributed by atoms with E-state index in [2.05, 4.69) is 13.8 Å². The quantitative estimate of drug-likeness (QED) is 0.784. The van der Waals surface area contributed by atoms with Crippen molar-refractivity contribution in [2.24, 2.45) is 23.5 Å². The van der Waals surface area contributed by atoms with E-state index in [1.165, 1.54) is 38.5 Å². The van der Waals surface area contributed by atoms with Gasteiger partial charge in [-0.15, -0.1) is 0 Å². The first kappa shape index (κ1) is 12.4. The summed E-state index contributed by atoms with van der Waals surface area (Å²) in [5, 5.41) is 0. The summed E-state index contributed by atoms with van der Waals surface area (Å²) >= 11 is 0. The van der Waals surface area contributed by atoms with Crippen LogP contribution in [0.4, 0.5) is 0 Å². The zero-order valence-electron chi connectivity index (χ0n) is 10.9. The van der Waals surface area contributed by atoms with Crippen LogP contribution in [0.5, 0.6) is 0 Å². The van der Waals surface area contributed by atoms with E-state index in [9.17, 15) is 0 Å². The molecule has 0 aromatic rings. The third-order valence-electron chi connectivity index (χ3n) is 4.35. The maximum Gasteiger partial charge on any atom is 0.0468 e. The van der Waals surface area contributed by atoms with E-state index < -0.39 is 0 Å². The van der Waals surface area contributed by atoms with Crippen LogP contribution in [0.15, 0.2) is 0 Å². The average molecular weight is 225 g/mol. The van der Waals surface area contributed by atoms with Crippen molar-refractivity contribution in [1.29, 1.82) is 0 Å². The summed E-state index contributed by atoms with van der Waals surface area (Å²) < 4.78 is 5.42. The molecule has 0 aromatic heterocycles. The number of hydrogen-bond donors (Lipinski definition) is 1. The van der Waals surface area contributed by atoms with Crippen LogP contribution >= 0.6 is 0 Å². The van der Waals surface area contributed by atoms with Crippen LogP contribution in [0.25, 0.3) is 0 Å². The molecule has 2 fully saturated rings. The Hall–Kier alpha value is -0.0800. The predicted octanol–water partition coefficient (Wildman–Crippen LogP) is 2.96. The fourth-order valence-corrected chi connectivity index (χ4v) is 4.02. The molecule has 0 spiro atoms. The Bertz CT molecular complexity index is 213. The summed E-state index contributed by atoms with van der Waals surface area (Å²) in [5.41, 5.74) is 6.75. The molecule has 0 bridgehead atoms. The summed E-state index contributed by atoms with van der Waals surface area (Å²) in [6, 6.07) is 0. The van der Waals surface area contributed by atoms with Crippen molar-refractivity contribution in [3.05, 3.63) is 0 Å². The molecule has 1 aliphatic carbocycles. The van der Waals surface area contributed by atoms with Crippen molar-refractivity contribution >= 4 is 0 Å². The van der Waals surface area contributed by atoms with Gasteiger partial charge in [-0.2, -0.15) is 0 Å². The summed E-state index contributed by atoms with van der Waals surface area (Å²) in [6.45, 7) is 6.63. The van der Waals surface area contributed by atoms with Gasteiger partial charge in [0.2, 0.25) is 0 Å². The molecule has 2 heteroatoms. The van der Waals surface area contributed by atoms with E-state index >= 15 is 0 Å². The van der Waals surface area contributed by atoms with Crippen molar-refractivity contribution in [2.75, 3.05) is 13.2 Å². The standard InChI is InChI=1S/C14H27NO/c1-11-7-12(2)9-14(15,8-11)10-13-3-5-16-6-4-13/h11-13H,3-10,15H2,1-2H3. The minimum Gasteiger partial charge on any atom is -0.381 e. The highest BCUT2D eigenvalue weighted by Crippen LogP contribution is 2.39. The van der Waals surface area contributed by atoms with E-state index in [-0.39, 0.29) is 5.54 Å². The van der Waals surface area contributed by atoms with Gasteiger partial charge in [0.05, 0.1) is 0 Å². The molecule has 2 unspecified atom stereocenters. The normalized spacial score (nSPS) is 42.2. The van der Waals surface area contributed by atoms with Crippen LogP contribution in [0.3, 0.4) is 0 Å². The lowest BCUT2D eigenvalue weighted by Crippen LogP contribution is -2.48. The van der Waals surface area contributed by atoms with Gasteiger partial charge in [0, 0.05) is 18.8 Å². The summed E-state index contributed by atoms with van der Waals surface area (Å²) in [7, 11) is 0. The third-order valence-corrected chi connectivity index (χ3v) is 4.35. The number of nitrogens with two attached hydrogens (primary N) is 1. The first-order valence-corrected chi connectivity index (χ1v) is 6.94. The van der Waals surface area contributed by atoms with Gasteiger partial charge in [0.15, 0.2) is 0 Å². The Morgan fingerprint density at radius 1 is 1.12 bits per heavy atom. The van der Waals surface area contributed by atoms with Crippen molar-refractivity contribution in [1.82, 2.24) is 0 Å². The Balaban J connectivity index is 1.90. The summed E-state index contributed by atoms with van der Waals surface area (Å²) in [4.78, 5) is 0. The minimum absolute atomic E-state index is 0.124. The second kappa shape index (κ2) is 5.05. The minimum atomic E-state index is 0.124. The first-order chi connectivity index (χ1) is 7.57. The van der Waals surface area contributed by atoms with E-state index in [1.54, 1.807) is 0 Å². The van der Waals surface area contributed by atoms with E-state index in [0.717, 1.165) is 31.0 Å². The Kier molecular flexibility index (Phi) is 3.91. The van der Waals surface area contributed by atoms with Crippen LogP contribution in [0, 0.1) is 17.8 Å². The van der Waals surface area contributed by atoms with Crippen LogP contribution in [-0.4, -0.2) is 18.8 Å². The smallest absolute Gasteiger partial charge is 0.0468 e. The van der Waals surface area contributed by atoms with Crippen molar-refractivity contribution in [3.8, 4) is 0 Å². The number of rotatable bonds is 2. The highest BCUT2D eigenvalue weighted by Gasteiger charge is 2.36. The fourth-order valence-electron chi connectivity index (χ4n) is 4.02. The molecule has 2 atom stereocenters. The molecule has 1 saturated heterocycles. The number of ether oxygens (including phenoxy) is 1. The molecule has 2 nitrogen and oxygen atoms in total. The summed E-state index contributed by atoms with van der Waals surface area (Å²) in [6.07, 6.45) is 7.50. The van der Waals surface area contributed by atoms with Gasteiger partial charge < -0.3 is 10.5 Å². The maximum absolute atomic E-state index is 6.63.